The van der Waals surface area contributed by atoms with E-state index >= 15 is 0 Å². The van der Waals surface area contributed by atoms with E-state index in [1.54, 1.807) is 26.8 Å². The molecule has 2 rings (SSSR count). The fourth-order valence-electron chi connectivity index (χ4n) is 1.72. The Bertz CT molecular complexity index is 759. The Hall–Kier alpha value is -1.65. The van der Waals surface area contributed by atoms with Crippen LogP contribution in [0.25, 0.3) is 10.1 Å². The lowest BCUT2D eigenvalue weighted by Crippen LogP contribution is -2.27. The number of nitriles is 1. The van der Waals surface area contributed by atoms with Crippen molar-refractivity contribution in [3.63, 3.8) is 0 Å². The first-order valence-electron chi connectivity index (χ1n) is 6.03. The summed E-state index contributed by atoms with van der Waals surface area (Å²) in [6.45, 7) is 5.23. The molecule has 0 atom stereocenters. The standard InChI is InChI=1S/C14H12BrFN2O2S/c1-14(2,3)20-13(19)18-12-7(6-17)10-9(21-12)5-4-8(16)11(10)15/h4-5H,1-3H3,(H,18,19). The zero-order valence-corrected chi connectivity index (χ0v) is 14.0. The predicted molar refractivity (Wildman–Crippen MR) is 84.1 cm³/mol. The summed E-state index contributed by atoms with van der Waals surface area (Å²) in [5.41, 5.74) is -0.424. The molecule has 1 aromatic carbocycles. The average Bonchev–Trinajstić information content (AvgIpc) is 2.69. The molecule has 0 bridgehead atoms. The van der Waals surface area contributed by atoms with E-state index in [1.807, 2.05) is 6.07 Å². The highest BCUT2D eigenvalue weighted by Crippen LogP contribution is 2.40. The van der Waals surface area contributed by atoms with Gasteiger partial charge in [-0.3, -0.25) is 5.32 Å². The van der Waals surface area contributed by atoms with Crippen molar-refractivity contribution in [2.45, 2.75) is 26.4 Å². The number of thiophene rings is 1. The summed E-state index contributed by atoms with van der Waals surface area (Å²) in [6, 6.07) is 4.88. The predicted octanol–water partition coefficient (Wildman–Crippen LogP) is 5.02. The third kappa shape index (κ3) is 3.34. The third-order valence-corrected chi connectivity index (χ3v) is 4.32. The molecule has 1 amide bonds. The average molecular weight is 371 g/mol. The van der Waals surface area contributed by atoms with Crippen LogP contribution >= 0.6 is 27.3 Å². The van der Waals surface area contributed by atoms with Crippen molar-refractivity contribution in [3.05, 3.63) is 28.0 Å². The highest BCUT2D eigenvalue weighted by Gasteiger charge is 2.21. The summed E-state index contributed by atoms with van der Waals surface area (Å²) in [7, 11) is 0. The van der Waals surface area contributed by atoms with Gasteiger partial charge in [-0.2, -0.15) is 5.26 Å². The Morgan fingerprint density at radius 1 is 1.48 bits per heavy atom. The molecule has 0 aliphatic rings. The van der Waals surface area contributed by atoms with Gasteiger partial charge in [0.2, 0.25) is 0 Å². The number of rotatable bonds is 1. The van der Waals surface area contributed by atoms with Gasteiger partial charge in [-0.25, -0.2) is 9.18 Å². The zero-order chi connectivity index (χ0) is 15.8. The van der Waals surface area contributed by atoms with Crippen LogP contribution in [0.3, 0.4) is 0 Å². The summed E-state index contributed by atoms with van der Waals surface area (Å²) < 4.78 is 19.7. The molecule has 0 unspecified atom stereocenters. The monoisotopic (exact) mass is 370 g/mol. The van der Waals surface area contributed by atoms with Crippen molar-refractivity contribution in [2.75, 3.05) is 5.32 Å². The minimum atomic E-state index is -0.651. The second-order valence-electron chi connectivity index (χ2n) is 5.28. The molecule has 0 aliphatic heterocycles. The van der Waals surface area contributed by atoms with Crippen molar-refractivity contribution in [1.29, 1.82) is 5.26 Å². The molecule has 0 spiro atoms. The van der Waals surface area contributed by atoms with Crippen molar-refractivity contribution in [1.82, 2.24) is 0 Å². The lowest BCUT2D eigenvalue weighted by atomic mass is 10.2. The van der Waals surface area contributed by atoms with E-state index in [9.17, 15) is 14.4 Å². The highest BCUT2D eigenvalue weighted by atomic mass is 79.9. The van der Waals surface area contributed by atoms with Gasteiger partial charge >= 0.3 is 6.09 Å². The minimum Gasteiger partial charge on any atom is -0.444 e. The minimum absolute atomic E-state index is 0.213. The molecule has 4 nitrogen and oxygen atoms in total. The summed E-state index contributed by atoms with van der Waals surface area (Å²) in [4.78, 5) is 11.8. The molecule has 2 aromatic rings. The van der Waals surface area contributed by atoms with Crippen LogP contribution in [0.5, 0.6) is 0 Å². The van der Waals surface area contributed by atoms with Gasteiger partial charge in [0.25, 0.3) is 0 Å². The number of anilines is 1. The Morgan fingerprint density at radius 3 is 2.71 bits per heavy atom. The van der Waals surface area contributed by atoms with E-state index in [-0.39, 0.29) is 10.0 Å². The highest BCUT2D eigenvalue weighted by molar-refractivity contribution is 9.10. The quantitative estimate of drug-likeness (QED) is 0.766. The van der Waals surface area contributed by atoms with E-state index in [1.165, 1.54) is 17.4 Å². The summed E-state index contributed by atoms with van der Waals surface area (Å²) in [5, 5.41) is 12.6. The molecule has 110 valence electrons. The van der Waals surface area contributed by atoms with E-state index in [4.69, 9.17) is 4.74 Å². The van der Waals surface area contributed by atoms with Gasteiger partial charge in [0.1, 0.15) is 22.5 Å². The maximum Gasteiger partial charge on any atom is 0.412 e. The molecule has 0 radical (unpaired) electrons. The second kappa shape index (κ2) is 5.62. The van der Waals surface area contributed by atoms with Crippen LogP contribution in [0.2, 0.25) is 0 Å². The maximum absolute atomic E-state index is 13.6. The molecule has 0 saturated carbocycles. The van der Waals surface area contributed by atoms with E-state index < -0.39 is 17.5 Å². The van der Waals surface area contributed by atoms with Crippen LogP contribution in [-0.2, 0) is 4.74 Å². The van der Waals surface area contributed by atoms with Crippen molar-refractivity contribution in [2.24, 2.45) is 0 Å². The Kier molecular flexibility index (Phi) is 4.21. The smallest absolute Gasteiger partial charge is 0.412 e. The fourth-order valence-corrected chi connectivity index (χ4v) is 3.44. The zero-order valence-electron chi connectivity index (χ0n) is 11.6. The number of hydrogen-bond acceptors (Lipinski definition) is 4. The van der Waals surface area contributed by atoms with E-state index in [2.05, 4.69) is 21.2 Å². The second-order valence-corrected chi connectivity index (χ2v) is 7.12. The lowest BCUT2D eigenvalue weighted by molar-refractivity contribution is 0.0636. The number of benzene rings is 1. The number of nitrogens with one attached hydrogen (secondary N) is 1. The molecule has 0 fully saturated rings. The normalized spacial score (nSPS) is 11.2. The Balaban J connectivity index is 2.44. The molecule has 21 heavy (non-hydrogen) atoms. The third-order valence-electron chi connectivity index (χ3n) is 2.47. The molecular formula is C14H12BrFN2O2S. The summed E-state index contributed by atoms with van der Waals surface area (Å²) in [6.07, 6.45) is -0.651. The number of halogens is 2. The number of ether oxygens (including phenoxy) is 1. The number of carbonyl (C=O) groups excluding carboxylic acids is 1. The number of nitrogens with zero attached hydrogens (tertiary/aromatic N) is 1. The summed E-state index contributed by atoms with van der Waals surface area (Å²) >= 11 is 4.33. The van der Waals surface area contributed by atoms with Crippen molar-refractivity contribution < 1.29 is 13.9 Å². The number of carbonyl (C=O) groups is 1. The number of fused-ring (bicyclic) bond motifs is 1. The maximum atomic E-state index is 13.6. The van der Waals surface area contributed by atoms with Crippen LogP contribution in [0.15, 0.2) is 16.6 Å². The first kappa shape index (κ1) is 15.7. The fraction of sp³-hybridized carbons (Fsp3) is 0.286. The Labute approximate surface area is 133 Å². The molecular weight excluding hydrogens is 359 g/mol. The SMILES string of the molecule is CC(C)(C)OC(=O)Nc1sc2ccc(F)c(Br)c2c1C#N. The van der Waals surface area contributed by atoms with Crippen LogP contribution in [0.1, 0.15) is 26.3 Å². The van der Waals surface area contributed by atoms with Crippen LogP contribution in [-0.4, -0.2) is 11.7 Å². The van der Waals surface area contributed by atoms with Gasteiger partial charge in [-0.15, -0.1) is 11.3 Å². The van der Waals surface area contributed by atoms with Crippen LogP contribution in [0, 0.1) is 17.1 Å². The summed E-state index contributed by atoms with van der Waals surface area (Å²) in [5.74, 6) is -0.458. The molecule has 1 heterocycles. The molecule has 1 N–H and O–H groups in total. The number of hydrogen-bond donors (Lipinski definition) is 1. The molecule has 7 heteroatoms. The van der Waals surface area contributed by atoms with Crippen molar-refractivity contribution >= 4 is 48.4 Å². The largest absolute Gasteiger partial charge is 0.444 e. The first-order valence-corrected chi connectivity index (χ1v) is 7.64. The topological polar surface area (TPSA) is 62.1 Å². The van der Waals surface area contributed by atoms with Gasteiger partial charge in [-0.05, 0) is 48.8 Å². The molecule has 0 saturated heterocycles. The van der Waals surface area contributed by atoms with Gasteiger partial charge < -0.3 is 4.74 Å². The first-order chi connectivity index (χ1) is 9.73. The van der Waals surface area contributed by atoms with Crippen LogP contribution < -0.4 is 5.32 Å². The van der Waals surface area contributed by atoms with Gasteiger partial charge in [-0.1, -0.05) is 0 Å². The van der Waals surface area contributed by atoms with Crippen molar-refractivity contribution in [3.8, 4) is 6.07 Å². The number of amides is 1. The van der Waals surface area contributed by atoms with E-state index in [0.717, 1.165) is 0 Å². The lowest BCUT2D eigenvalue weighted by Gasteiger charge is -2.19. The molecule has 1 aromatic heterocycles. The molecule has 0 aliphatic carbocycles. The van der Waals surface area contributed by atoms with Gasteiger partial charge in [0, 0.05) is 10.1 Å². The van der Waals surface area contributed by atoms with Crippen LogP contribution in [0.4, 0.5) is 14.2 Å². The van der Waals surface area contributed by atoms with Gasteiger partial charge in [0.15, 0.2) is 0 Å². The van der Waals surface area contributed by atoms with E-state index in [0.29, 0.717) is 15.1 Å². The Morgan fingerprint density at radius 2 is 2.14 bits per heavy atom. The van der Waals surface area contributed by atoms with Gasteiger partial charge in [0.05, 0.1) is 10.0 Å².